The maximum atomic E-state index is 12.6. The third-order valence-electron chi connectivity index (χ3n) is 3.56. The fourth-order valence-electron chi connectivity index (χ4n) is 2.41. The predicted octanol–water partition coefficient (Wildman–Crippen LogP) is 3.84. The van der Waals surface area contributed by atoms with E-state index < -0.39 is 5.97 Å². The average Bonchev–Trinajstić information content (AvgIpc) is 2.63. The first-order chi connectivity index (χ1) is 12.1. The van der Waals surface area contributed by atoms with Gasteiger partial charge in [-0.05, 0) is 36.8 Å². The Morgan fingerprint density at radius 3 is 2.44 bits per heavy atom. The molecule has 0 saturated carbocycles. The number of hydrogen-bond donors (Lipinski definition) is 0. The van der Waals surface area contributed by atoms with Crippen molar-refractivity contribution < 1.29 is 9.53 Å². The molecule has 25 heavy (non-hydrogen) atoms. The summed E-state index contributed by atoms with van der Waals surface area (Å²) in [5.74, 6) is -0.565. The van der Waals surface area contributed by atoms with Gasteiger partial charge in [0.1, 0.15) is 0 Å². The number of benzene rings is 2. The van der Waals surface area contributed by atoms with Gasteiger partial charge in [-0.1, -0.05) is 46.3 Å². The van der Waals surface area contributed by atoms with E-state index >= 15 is 0 Å². The van der Waals surface area contributed by atoms with Crippen molar-refractivity contribution in [2.45, 2.75) is 6.92 Å². The first-order valence-electron chi connectivity index (χ1n) is 7.73. The summed E-state index contributed by atoms with van der Waals surface area (Å²) >= 11 is 3.37. The molecule has 5 nitrogen and oxygen atoms in total. The number of halogens is 1. The van der Waals surface area contributed by atoms with Crippen molar-refractivity contribution in [3.05, 3.63) is 81.2 Å². The fourth-order valence-corrected chi connectivity index (χ4v) is 2.67. The highest BCUT2D eigenvalue weighted by Gasteiger charge is 2.19. The summed E-state index contributed by atoms with van der Waals surface area (Å²) in [7, 11) is 0. The maximum absolute atomic E-state index is 12.6. The van der Waals surface area contributed by atoms with Crippen LogP contribution in [-0.2, 0) is 4.74 Å². The minimum atomic E-state index is -0.565. The molecule has 0 saturated heterocycles. The molecule has 0 N–H and O–H groups in total. The molecule has 0 bridgehead atoms. The molecule has 6 heteroatoms. The Morgan fingerprint density at radius 2 is 1.80 bits per heavy atom. The van der Waals surface area contributed by atoms with Crippen molar-refractivity contribution in [1.82, 2.24) is 9.78 Å². The molecule has 0 aliphatic carbocycles. The second kappa shape index (κ2) is 7.44. The van der Waals surface area contributed by atoms with E-state index in [0.717, 1.165) is 10.0 Å². The number of rotatable bonds is 4. The number of esters is 1. The van der Waals surface area contributed by atoms with Gasteiger partial charge in [0.05, 0.1) is 12.3 Å². The molecule has 0 aliphatic heterocycles. The molecule has 0 amide bonds. The van der Waals surface area contributed by atoms with E-state index in [1.807, 2.05) is 30.3 Å². The largest absolute Gasteiger partial charge is 0.461 e. The average molecular weight is 399 g/mol. The van der Waals surface area contributed by atoms with Crippen molar-refractivity contribution in [3.63, 3.8) is 0 Å². The second-order valence-corrected chi connectivity index (χ2v) is 6.14. The normalized spacial score (nSPS) is 10.5. The number of nitrogens with zero attached hydrogens (tertiary/aromatic N) is 2. The number of aromatic nitrogens is 2. The number of hydrogen-bond acceptors (Lipinski definition) is 4. The Hall–Kier alpha value is -2.73. The van der Waals surface area contributed by atoms with E-state index in [9.17, 15) is 9.59 Å². The minimum absolute atomic E-state index is 0.104. The van der Waals surface area contributed by atoms with Gasteiger partial charge in [-0.15, -0.1) is 0 Å². The van der Waals surface area contributed by atoms with Crippen LogP contribution in [0, 0.1) is 0 Å². The summed E-state index contributed by atoms with van der Waals surface area (Å²) in [4.78, 5) is 24.9. The second-order valence-electron chi connectivity index (χ2n) is 5.22. The van der Waals surface area contributed by atoms with Gasteiger partial charge in [0.25, 0.3) is 5.56 Å². The summed E-state index contributed by atoms with van der Waals surface area (Å²) in [6, 6.07) is 17.7. The van der Waals surface area contributed by atoms with Crippen LogP contribution in [0.25, 0.3) is 16.8 Å². The van der Waals surface area contributed by atoms with Crippen molar-refractivity contribution in [2.75, 3.05) is 6.61 Å². The van der Waals surface area contributed by atoms with Gasteiger partial charge in [0, 0.05) is 16.1 Å². The van der Waals surface area contributed by atoms with Crippen LogP contribution < -0.4 is 5.56 Å². The Morgan fingerprint density at radius 1 is 1.12 bits per heavy atom. The molecule has 3 aromatic rings. The van der Waals surface area contributed by atoms with Crippen LogP contribution in [0.4, 0.5) is 0 Å². The zero-order valence-corrected chi connectivity index (χ0v) is 15.1. The van der Waals surface area contributed by atoms with E-state index in [-0.39, 0.29) is 17.9 Å². The molecule has 126 valence electrons. The highest BCUT2D eigenvalue weighted by molar-refractivity contribution is 9.10. The summed E-state index contributed by atoms with van der Waals surface area (Å²) < 4.78 is 7.22. The zero-order chi connectivity index (χ0) is 17.8. The van der Waals surface area contributed by atoms with Crippen LogP contribution in [0.15, 0.2) is 69.9 Å². The van der Waals surface area contributed by atoms with Gasteiger partial charge in [-0.3, -0.25) is 4.79 Å². The molecule has 2 aromatic carbocycles. The van der Waals surface area contributed by atoms with Crippen molar-refractivity contribution in [1.29, 1.82) is 0 Å². The molecule has 0 atom stereocenters. The summed E-state index contributed by atoms with van der Waals surface area (Å²) in [5, 5.41) is 4.28. The third kappa shape index (κ3) is 3.69. The zero-order valence-electron chi connectivity index (χ0n) is 13.5. The van der Waals surface area contributed by atoms with Gasteiger partial charge >= 0.3 is 5.97 Å². The molecular formula is C19H15BrN2O3. The van der Waals surface area contributed by atoms with Crippen molar-refractivity contribution >= 4 is 21.9 Å². The lowest BCUT2D eigenvalue weighted by Crippen LogP contribution is -2.25. The van der Waals surface area contributed by atoms with Crippen LogP contribution in [0.3, 0.4) is 0 Å². The molecule has 3 rings (SSSR count). The quantitative estimate of drug-likeness (QED) is 0.626. The van der Waals surface area contributed by atoms with Gasteiger partial charge in [0.2, 0.25) is 0 Å². The van der Waals surface area contributed by atoms with Crippen LogP contribution in [0.2, 0.25) is 0 Å². The third-order valence-corrected chi connectivity index (χ3v) is 4.09. The molecular weight excluding hydrogens is 384 g/mol. The molecule has 0 radical (unpaired) electrons. The number of para-hydroxylation sites is 1. The Balaban J connectivity index is 2.21. The molecule has 0 spiro atoms. The fraction of sp³-hybridized carbons (Fsp3) is 0.105. The Kier molecular flexibility index (Phi) is 5.09. The van der Waals surface area contributed by atoms with Crippen LogP contribution in [-0.4, -0.2) is 22.4 Å². The molecule has 1 aromatic heterocycles. The van der Waals surface area contributed by atoms with Gasteiger partial charge in [0.15, 0.2) is 5.69 Å². The summed E-state index contributed by atoms with van der Waals surface area (Å²) in [6.45, 7) is 1.95. The molecule has 0 unspecified atom stereocenters. The van der Waals surface area contributed by atoms with Gasteiger partial charge in [-0.25, -0.2) is 4.79 Å². The minimum Gasteiger partial charge on any atom is -0.461 e. The molecule has 0 fully saturated rings. The SMILES string of the molecule is CCOC(=O)c1nn(-c2ccccc2)c(=O)cc1-c1ccc(Br)cc1. The van der Waals surface area contributed by atoms with Gasteiger partial charge in [-0.2, -0.15) is 9.78 Å². The van der Waals surface area contributed by atoms with E-state index in [0.29, 0.717) is 11.3 Å². The van der Waals surface area contributed by atoms with Gasteiger partial charge < -0.3 is 4.74 Å². The van der Waals surface area contributed by atoms with E-state index in [2.05, 4.69) is 21.0 Å². The first-order valence-corrected chi connectivity index (χ1v) is 8.52. The first kappa shape index (κ1) is 17.1. The molecule has 0 aliphatic rings. The molecule has 1 heterocycles. The topological polar surface area (TPSA) is 61.2 Å². The number of ether oxygens (including phenoxy) is 1. The number of carbonyl (C=O) groups excluding carboxylic acids is 1. The van der Waals surface area contributed by atoms with Crippen LogP contribution in [0.1, 0.15) is 17.4 Å². The lowest BCUT2D eigenvalue weighted by molar-refractivity contribution is 0.0518. The van der Waals surface area contributed by atoms with E-state index in [1.54, 1.807) is 31.2 Å². The van der Waals surface area contributed by atoms with Crippen LogP contribution >= 0.6 is 15.9 Å². The van der Waals surface area contributed by atoms with Crippen molar-refractivity contribution in [2.24, 2.45) is 0 Å². The number of carbonyl (C=O) groups is 1. The smallest absolute Gasteiger partial charge is 0.359 e. The lowest BCUT2D eigenvalue weighted by Gasteiger charge is -2.11. The van der Waals surface area contributed by atoms with E-state index in [4.69, 9.17) is 4.74 Å². The predicted molar refractivity (Wildman–Crippen MR) is 98.9 cm³/mol. The summed E-state index contributed by atoms with van der Waals surface area (Å²) in [5.41, 5.74) is 1.53. The highest BCUT2D eigenvalue weighted by atomic mass is 79.9. The van der Waals surface area contributed by atoms with Crippen LogP contribution in [0.5, 0.6) is 0 Å². The highest BCUT2D eigenvalue weighted by Crippen LogP contribution is 2.24. The Bertz CT molecular complexity index is 951. The van der Waals surface area contributed by atoms with E-state index in [1.165, 1.54) is 10.7 Å². The maximum Gasteiger partial charge on any atom is 0.359 e. The monoisotopic (exact) mass is 398 g/mol. The lowest BCUT2D eigenvalue weighted by atomic mass is 10.0. The Labute approximate surface area is 153 Å². The van der Waals surface area contributed by atoms with Crippen molar-refractivity contribution in [3.8, 4) is 16.8 Å². The standard InChI is InChI=1S/C19H15BrN2O3/c1-2-25-19(24)18-16(13-8-10-14(20)11-9-13)12-17(23)22(21-18)15-6-4-3-5-7-15/h3-12H,2H2,1H3. The summed E-state index contributed by atoms with van der Waals surface area (Å²) in [6.07, 6.45) is 0.